The molecule has 0 saturated carbocycles. The first-order chi connectivity index (χ1) is 10.3. The van der Waals surface area contributed by atoms with E-state index in [2.05, 4.69) is 4.98 Å². The van der Waals surface area contributed by atoms with Crippen molar-refractivity contribution in [1.29, 1.82) is 5.26 Å². The zero-order valence-corrected chi connectivity index (χ0v) is 11.6. The molecule has 0 aliphatic carbocycles. The zero-order valence-electron chi connectivity index (χ0n) is 11.6. The smallest absolute Gasteiger partial charge is 0.433 e. The van der Waals surface area contributed by atoms with Gasteiger partial charge in [0.15, 0.2) is 0 Å². The van der Waals surface area contributed by atoms with Gasteiger partial charge in [-0.1, -0.05) is 6.07 Å². The Labute approximate surface area is 125 Å². The molecule has 7 heteroatoms. The van der Waals surface area contributed by atoms with Crippen LogP contribution in [0.5, 0.6) is 5.88 Å². The average Bonchev–Trinajstić information content (AvgIpc) is 2.46. The molecule has 22 heavy (non-hydrogen) atoms. The van der Waals surface area contributed by atoms with Gasteiger partial charge < -0.3 is 10.5 Å². The number of benzene rings is 1. The zero-order chi connectivity index (χ0) is 16.3. The number of pyridine rings is 1. The van der Waals surface area contributed by atoms with Gasteiger partial charge in [0, 0.05) is 11.8 Å². The molecule has 0 aliphatic heterocycles. The Kier molecular flexibility index (Phi) is 4.22. The monoisotopic (exact) mass is 307 g/mol. The Morgan fingerprint density at radius 2 is 2.00 bits per heavy atom. The van der Waals surface area contributed by atoms with Crippen LogP contribution in [0.3, 0.4) is 0 Å². The van der Waals surface area contributed by atoms with Crippen LogP contribution in [-0.2, 0) is 6.18 Å². The second-order valence-electron chi connectivity index (χ2n) is 4.43. The maximum atomic E-state index is 12.9. The van der Waals surface area contributed by atoms with Crippen molar-refractivity contribution < 1.29 is 17.9 Å². The van der Waals surface area contributed by atoms with Crippen LogP contribution in [0.25, 0.3) is 11.1 Å². The summed E-state index contributed by atoms with van der Waals surface area (Å²) in [4.78, 5) is 3.44. The lowest BCUT2D eigenvalue weighted by atomic mass is 10.00. The molecule has 1 aromatic carbocycles. The molecule has 2 aromatic rings. The first kappa shape index (κ1) is 15.6. The quantitative estimate of drug-likeness (QED) is 0.879. The van der Waals surface area contributed by atoms with Crippen LogP contribution in [0.4, 0.5) is 18.9 Å². The van der Waals surface area contributed by atoms with Gasteiger partial charge in [0.1, 0.15) is 5.69 Å². The van der Waals surface area contributed by atoms with Crippen molar-refractivity contribution in [3.8, 4) is 23.1 Å². The Morgan fingerprint density at radius 3 is 2.59 bits per heavy atom. The summed E-state index contributed by atoms with van der Waals surface area (Å²) >= 11 is 0. The molecule has 0 amide bonds. The summed E-state index contributed by atoms with van der Waals surface area (Å²) in [5, 5.41) is 9.13. The number of anilines is 1. The second-order valence-corrected chi connectivity index (χ2v) is 4.43. The van der Waals surface area contributed by atoms with E-state index in [9.17, 15) is 13.2 Å². The first-order valence-corrected chi connectivity index (χ1v) is 6.37. The predicted molar refractivity (Wildman–Crippen MR) is 75.0 cm³/mol. The number of nitrogen functional groups attached to an aromatic ring is 1. The minimum absolute atomic E-state index is 0.145. The highest BCUT2D eigenvalue weighted by Gasteiger charge is 2.33. The lowest BCUT2D eigenvalue weighted by Crippen LogP contribution is -2.09. The number of nitrogens with zero attached hydrogens (tertiary/aromatic N) is 2. The molecular formula is C15H12F3N3O. The lowest BCUT2D eigenvalue weighted by Gasteiger charge is -2.12. The van der Waals surface area contributed by atoms with Gasteiger partial charge in [0.05, 0.1) is 18.2 Å². The first-order valence-electron chi connectivity index (χ1n) is 6.37. The van der Waals surface area contributed by atoms with Gasteiger partial charge in [0.25, 0.3) is 0 Å². The van der Waals surface area contributed by atoms with Gasteiger partial charge in [-0.05, 0) is 36.2 Å². The SMILES string of the molecule is CCOc1cc(-c2ccc(N)cc2C#N)cc(C(F)(F)F)n1. The maximum Gasteiger partial charge on any atom is 0.433 e. The van der Waals surface area contributed by atoms with E-state index in [-0.39, 0.29) is 23.6 Å². The maximum absolute atomic E-state index is 12.9. The number of hydrogen-bond acceptors (Lipinski definition) is 4. The summed E-state index contributed by atoms with van der Waals surface area (Å²) in [7, 11) is 0. The summed E-state index contributed by atoms with van der Waals surface area (Å²) in [6.07, 6.45) is -4.61. The van der Waals surface area contributed by atoms with Crippen LogP contribution in [0.15, 0.2) is 30.3 Å². The van der Waals surface area contributed by atoms with Crippen molar-refractivity contribution in [2.45, 2.75) is 13.1 Å². The molecule has 0 radical (unpaired) electrons. The van der Waals surface area contributed by atoms with Gasteiger partial charge >= 0.3 is 6.18 Å². The highest BCUT2D eigenvalue weighted by Crippen LogP contribution is 2.34. The van der Waals surface area contributed by atoms with Crippen molar-refractivity contribution in [3.05, 3.63) is 41.6 Å². The van der Waals surface area contributed by atoms with Crippen LogP contribution in [0.1, 0.15) is 18.2 Å². The average molecular weight is 307 g/mol. The van der Waals surface area contributed by atoms with Crippen LogP contribution in [0, 0.1) is 11.3 Å². The summed E-state index contributed by atoms with van der Waals surface area (Å²) in [6.45, 7) is 1.83. The molecule has 1 heterocycles. The molecule has 0 saturated heterocycles. The van der Waals surface area contributed by atoms with Crippen LogP contribution < -0.4 is 10.5 Å². The molecule has 1 aromatic heterocycles. The summed E-state index contributed by atoms with van der Waals surface area (Å²) < 4.78 is 43.9. The predicted octanol–water partition coefficient (Wildman–Crippen LogP) is 3.62. The number of nitriles is 1. The van der Waals surface area contributed by atoms with E-state index in [1.165, 1.54) is 24.3 Å². The third kappa shape index (κ3) is 3.28. The summed E-state index contributed by atoms with van der Waals surface area (Å²) in [6, 6.07) is 8.60. The third-order valence-corrected chi connectivity index (χ3v) is 2.86. The van der Waals surface area contributed by atoms with Crippen molar-refractivity contribution in [2.24, 2.45) is 0 Å². The van der Waals surface area contributed by atoms with Gasteiger partial charge in [0.2, 0.25) is 5.88 Å². The largest absolute Gasteiger partial charge is 0.478 e. The highest BCUT2D eigenvalue weighted by atomic mass is 19.4. The summed E-state index contributed by atoms with van der Waals surface area (Å²) in [5.74, 6) is -0.145. The number of alkyl halides is 3. The van der Waals surface area contributed by atoms with Crippen molar-refractivity contribution in [1.82, 2.24) is 4.98 Å². The van der Waals surface area contributed by atoms with Gasteiger partial charge in [-0.15, -0.1) is 0 Å². The van der Waals surface area contributed by atoms with E-state index < -0.39 is 11.9 Å². The standard InChI is InChI=1S/C15H12F3N3O/c1-2-22-14-7-9(6-13(21-14)15(16,17)18)12-4-3-11(20)5-10(12)8-19/h3-7H,2,20H2,1H3. The topological polar surface area (TPSA) is 71.9 Å². The fraction of sp³-hybridized carbons (Fsp3) is 0.200. The van der Waals surface area contributed by atoms with E-state index in [0.717, 1.165) is 6.07 Å². The minimum atomic E-state index is -4.61. The van der Waals surface area contributed by atoms with Crippen LogP contribution in [0.2, 0.25) is 0 Å². The fourth-order valence-electron chi connectivity index (χ4n) is 1.93. The number of nitrogens with two attached hydrogens (primary N) is 1. The fourth-order valence-corrected chi connectivity index (χ4v) is 1.93. The molecular weight excluding hydrogens is 295 g/mol. The van der Waals surface area contributed by atoms with Crippen molar-refractivity contribution in [3.63, 3.8) is 0 Å². The van der Waals surface area contributed by atoms with Crippen LogP contribution in [-0.4, -0.2) is 11.6 Å². The minimum Gasteiger partial charge on any atom is -0.478 e. The Morgan fingerprint density at radius 1 is 1.27 bits per heavy atom. The molecule has 0 aliphatic rings. The van der Waals surface area contributed by atoms with E-state index in [1.807, 2.05) is 6.07 Å². The summed E-state index contributed by atoms with van der Waals surface area (Å²) in [5.41, 5.74) is 5.59. The van der Waals surface area contributed by atoms with Crippen LogP contribution >= 0.6 is 0 Å². The molecule has 0 fully saturated rings. The lowest BCUT2D eigenvalue weighted by molar-refractivity contribution is -0.141. The van der Waals surface area contributed by atoms with Gasteiger partial charge in [-0.2, -0.15) is 18.4 Å². The molecule has 0 spiro atoms. The highest BCUT2D eigenvalue weighted by molar-refractivity contribution is 5.73. The third-order valence-electron chi connectivity index (χ3n) is 2.86. The number of halogens is 3. The second kappa shape index (κ2) is 5.93. The Balaban J connectivity index is 2.65. The number of aromatic nitrogens is 1. The molecule has 0 unspecified atom stereocenters. The Bertz CT molecular complexity index is 736. The van der Waals surface area contributed by atoms with E-state index >= 15 is 0 Å². The van der Waals surface area contributed by atoms with Gasteiger partial charge in [-0.25, -0.2) is 4.98 Å². The Hall–Kier alpha value is -2.75. The number of ether oxygens (including phenoxy) is 1. The van der Waals surface area contributed by atoms with Gasteiger partial charge in [-0.3, -0.25) is 0 Å². The molecule has 114 valence electrons. The number of rotatable bonds is 3. The van der Waals surface area contributed by atoms with E-state index in [4.69, 9.17) is 15.7 Å². The number of hydrogen-bond donors (Lipinski definition) is 1. The van der Waals surface area contributed by atoms with E-state index in [0.29, 0.717) is 11.3 Å². The van der Waals surface area contributed by atoms with Crippen molar-refractivity contribution in [2.75, 3.05) is 12.3 Å². The normalized spacial score (nSPS) is 11.0. The molecule has 2 N–H and O–H groups in total. The molecule has 4 nitrogen and oxygen atoms in total. The van der Waals surface area contributed by atoms with E-state index in [1.54, 1.807) is 6.92 Å². The molecule has 0 bridgehead atoms. The molecule has 2 rings (SSSR count). The molecule has 0 atom stereocenters. The van der Waals surface area contributed by atoms with Crippen molar-refractivity contribution >= 4 is 5.69 Å².